The summed E-state index contributed by atoms with van der Waals surface area (Å²) in [6.07, 6.45) is 2.41. The summed E-state index contributed by atoms with van der Waals surface area (Å²) in [6, 6.07) is 15.4. The molecule has 0 saturated carbocycles. The van der Waals surface area contributed by atoms with E-state index in [1.54, 1.807) is 30.5 Å². The third-order valence-electron chi connectivity index (χ3n) is 6.55. The van der Waals surface area contributed by atoms with E-state index in [0.29, 0.717) is 37.6 Å². The van der Waals surface area contributed by atoms with Crippen LogP contribution in [-0.2, 0) is 17.8 Å². The molecule has 38 heavy (non-hydrogen) atoms. The number of ether oxygens (including phenoxy) is 2. The number of amides is 3. The molecule has 2 aromatic carbocycles. The lowest BCUT2D eigenvalue weighted by Crippen LogP contribution is -2.45. The molecule has 0 aliphatic heterocycles. The van der Waals surface area contributed by atoms with Gasteiger partial charge in [-0.25, -0.2) is 4.79 Å². The fourth-order valence-corrected chi connectivity index (χ4v) is 4.79. The van der Waals surface area contributed by atoms with Gasteiger partial charge in [0, 0.05) is 23.7 Å². The van der Waals surface area contributed by atoms with Crippen LogP contribution >= 0.6 is 11.3 Å². The Morgan fingerprint density at radius 3 is 2.37 bits per heavy atom. The van der Waals surface area contributed by atoms with E-state index in [4.69, 9.17) is 9.47 Å². The SMILES string of the molecule is CCCCN(CC(=O)N(CCc1ccc(OC)c(OC)c1)Cc1cccs1)C(=O)Nc1ccc(C)c(C)c1. The van der Waals surface area contributed by atoms with E-state index in [9.17, 15) is 9.59 Å². The molecule has 0 saturated heterocycles. The third kappa shape index (κ3) is 8.25. The van der Waals surface area contributed by atoms with Crippen molar-refractivity contribution in [2.75, 3.05) is 39.2 Å². The molecule has 1 aromatic heterocycles. The van der Waals surface area contributed by atoms with Crippen molar-refractivity contribution < 1.29 is 19.1 Å². The first-order chi connectivity index (χ1) is 18.3. The average Bonchev–Trinajstić information content (AvgIpc) is 3.43. The molecule has 0 fully saturated rings. The molecule has 0 spiro atoms. The second-order valence-electron chi connectivity index (χ2n) is 9.34. The van der Waals surface area contributed by atoms with Gasteiger partial charge in [-0.1, -0.05) is 31.5 Å². The lowest BCUT2D eigenvalue weighted by atomic mass is 10.1. The average molecular weight is 538 g/mol. The number of unbranched alkanes of at least 4 members (excludes halogenated alkanes) is 1. The van der Waals surface area contributed by atoms with E-state index >= 15 is 0 Å². The summed E-state index contributed by atoms with van der Waals surface area (Å²) in [5.41, 5.74) is 4.05. The number of nitrogens with zero attached hydrogens (tertiary/aromatic N) is 2. The number of anilines is 1. The Morgan fingerprint density at radius 1 is 0.921 bits per heavy atom. The van der Waals surface area contributed by atoms with Gasteiger partial charge < -0.3 is 24.6 Å². The van der Waals surface area contributed by atoms with Crippen LogP contribution in [0.5, 0.6) is 11.5 Å². The van der Waals surface area contributed by atoms with Crippen molar-refractivity contribution >= 4 is 29.0 Å². The normalized spacial score (nSPS) is 10.7. The van der Waals surface area contributed by atoms with Gasteiger partial charge in [0.25, 0.3) is 0 Å². The van der Waals surface area contributed by atoms with Gasteiger partial charge in [-0.3, -0.25) is 4.79 Å². The number of benzene rings is 2. The van der Waals surface area contributed by atoms with E-state index in [2.05, 4.69) is 12.2 Å². The number of urea groups is 1. The van der Waals surface area contributed by atoms with E-state index in [1.807, 2.05) is 72.7 Å². The molecular weight excluding hydrogens is 498 g/mol. The Labute approximate surface area is 230 Å². The van der Waals surface area contributed by atoms with Crippen LogP contribution in [0.1, 0.15) is 41.3 Å². The molecule has 1 N–H and O–H groups in total. The standard InChI is InChI=1S/C30H39N3O4S/c1-6-7-15-33(30(35)31-25-12-10-22(2)23(3)18-25)21-29(34)32(20-26-9-8-17-38-26)16-14-24-11-13-27(36-4)28(19-24)37-5/h8-13,17-19H,6-7,14-16,20-21H2,1-5H3,(H,31,35). The quantitative estimate of drug-likeness (QED) is 0.278. The number of hydrogen-bond donors (Lipinski definition) is 1. The largest absolute Gasteiger partial charge is 0.493 e. The second-order valence-corrected chi connectivity index (χ2v) is 10.4. The van der Waals surface area contributed by atoms with Crippen molar-refractivity contribution in [3.05, 3.63) is 75.5 Å². The van der Waals surface area contributed by atoms with Crippen molar-refractivity contribution in [1.29, 1.82) is 0 Å². The third-order valence-corrected chi connectivity index (χ3v) is 7.41. The molecule has 3 amide bonds. The number of methoxy groups -OCH3 is 2. The van der Waals surface area contributed by atoms with Crippen LogP contribution in [0.3, 0.4) is 0 Å². The summed E-state index contributed by atoms with van der Waals surface area (Å²) < 4.78 is 10.8. The Balaban J connectivity index is 1.74. The van der Waals surface area contributed by atoms with Gasteiger partial charge in [0.05, 0.1) is 20.8 Å². The number of aryl methyl sites for hydroxylation is 2. The molecule has 0 aliphatic carbocycles. The fraction of sp³-hybridized carbons (Fsp3) is 0.400. The molecule has 0 bridgehead atoms. The lowest BCUT2D eigenvalue weighted by molar-refractivity contribution is -0.132. The number of carbonyl (C=O) groups excluding carboxylic acids is 2. The van der Waals surface area contributed by atoms with Gasteiger partial charge in [0.2, 0.25) is 5.91 Å². The van der Waals surface area contributed by atoms with Crippen molar-refractivity contribution in [2.24, 2.45) is 0 Å². The highest BCUT2D eigenvalue weighted by atomic mass is 32.1. The Hall–Kier alpha value is -3.52. The molecule has 204 valence electrons. The Bertz CT molecular complexity index is 1200. The van der Waals surface area contributed by atoms with Crippen LogP contribution in [0.15, 0.2) is 53.9 Å². The Kier molecular flexibility index (Phi) is 11.0. The summed E-state index contributed by atoms with van der Waals surface area (Å²) in [5.74, 6) is 1.25. The summed E-state index contributed by atoms with van der Waals surface area (Å²) >= 11 is 1.62. The van der Waals surface area contributed by atoms with Crippen LogP contribution in [0, 0.1) is 13.8 Å². The molecule has 0 radical (unpaired) electrons. The van der Waals surface area contributed by atoms with Crippen molar-refractivity contribution in [2.45, 2.75) is 46.6 Å². The fourth-order valence-electron chi connectivity index (χ4n) is 4.07. The predicted octanol–water partition coefficient (Wildman–Crippen LogP) is 6.29. The number of hydrogen-bond acceptors (Lipinski definition) is 5. The molecule has 7 nitrogen and oxygen atoms in total. The maximum absolute atomic E-state index is 13.6. The number of nitrogens with one attached hydrogen (secondary N) is 1. The van der Waals surface area contributed by atoms with E-state index < -0.39 is 0 Å². The summed E-state index contributed by atoms with van der Waals surface area (Å²) in [7, 11) is 3.22. The highest BCUT2D eigenvalue weighted by Crippen LogP contribution is 2.28. The van der Waals surface area contributed by atoms with Crippen LogP contribution < -0.4 is 14.8 Å². The number of carbonyl (C=O) groups is 2. The van der Waals surface area contributed by atoms with Crippen molar-refractivity contribution in [3.63, 3.8) is 0 Å². The maximum atomic E-state index is 13.6. The molecule has 0 atom stereocenters. The zero-order valence-corrected chi connectivity index (χ0v) is 23.9. The van der Waals surface area contributed by atoms with Crippen molar-refractivity contribution in [3.8, 4) is 11.5 Å². The van der Waals surface area contributed by atoms with Gasteiger partial charge in [-0.15, -0.1) is 11.3 Å². The number of rotatable bonds is 13. The molecule has 8 heteroatoms. The monoisotopic (exact) mass is 537 g/mol. The maximum Gasteiger partial charge on any atom is 0.322 e. The van der Waals surface area contributed by atoms with Crippen LogP contribution in [-0.4, -0.2) is 55.6 Å². The first-order valence-corrected chi connectivity index (χ1v) is 13.9. The molecule has 3 aromatic rings. The summed E-state index contributed by atoms with van der Waals surface area (Å²) in [5, 5.41) is 4.99. The molecule has 1 heterocycles. The minimum absolute atomic E-state index is 0.0218. The molecular formula is C30H39N3O4S. The first-order valence-electron chi connectivity index (χ1n) is 13.0. The minimum Gasteiger partial charge on any atom is -0.493 e. The molecule has 0 aliphatic rings. The zero-order chi connectivity index (χ0) is 27.5. The summed E-state index contributed by atoms with van der Waals surface area (Å²) in [6.45, 7) is 7.70. The minimum atomic E-state index is -0.258. The summed E-state index contributed by atoms with van der Waals surface area (Å²) in [4.78, 5) is 31.4. The van der Waals surface area contributed by atoms with E-state index in [0.717, 1.165) is 34.5 Å². The number of thiophene rings is 1. The van der Waals surface area contributed by atoms with Crippen LogP contribution in [0.2, 0.25) is 0 Å². The zero-order valence-electron chi connectivity index (χ0n) is 23.1. The Morgan fingerprint density at radius 2 is 1.71 bits per heavy atom. The van der Waals surface area contributed by atoms with Gasteiger partial charge in [0.15, 0.2) is 11.5 Å². The first kappa shape index (κ1) is 29.0. The topological polar surface area (TPSA) is 71.1 Å². The molecule has 0 unspecified atom stereocenters. The van der Waals surface area contributed by atoms with E-state index in [-0.39, 0.29) is 18.5 Å². The highest BCUT2D eigenvalue weighted by Gasteiger charge is 2.22. The van der Waals surface area contributed by atoms with Crippen LogP contribution in [0.25, 0.3) is 0 Å². The smallest absolute Gasteiger partial charge is 0.322 e. The van der Waals surface area contributed by atoms with E-state index in [1.165, 1.54) is 5.56 Å². The highest BCUT2D eigenvalue weighted by molar-refractivity contribution is 7.09. The second kappa shape index (κ2) is 14.4. The van der Waals surface area contributed by atoms with Crippen molar-refractivity contribution in [1.82, 2.24) is 9.80 Å². The van der Waals surface area contributed by atoms with Gasteiger partial charge in [-0.05, 0) is 79.1 Å². The van der Waals surface area contributed by atoms with Gasteiger partial charge in [0.1, 0.15) is 6.54 Å². The van der Waals surface area contributed by atoms with Gasteiger partial charge in [-0.2, -0.15) is 0 Å². The van der Waals surface area contributed by atoms with Gasteiger partial charge >= 0.3 is 6.03 Å². The van der Waals surface area contributed by atoms with Crippen LogP contribution in [0.4, 0.5) is 10.5 Å². The predicted molar refractivity (Wildman–Crippen MR) is 154 cm³/mol. The lowest BCUT2D eigenvalue weighted by Gasteiger charge is -2.28. The molecule has 3 rings (SSSR count).